The van der Waals surface area contributed by atoms with E-state index in [2.05, 4.69) is 15.1 Å². The fraction of sp³-hybridized carbons (Fsp3) is 0.0870. The maximum absolute atomic E-state index is 12.4. The molecule has 0 atom stereocenters. The van der Waals surface area contributed by atoms with Gasteiger partial charge in [0.1, 0.15) is 5.65 Å². The maximum atomic E-state index is 12.4. The van der Waals surface area contributed by atoms with Gasteiger partial charge in [0, 0.05) is 30.1 Å². The largest absolute Gasteiger partial charge is 0.334 e. The van der Waals surface area contributed by atoms with E-state index in [1.807, 2.05) is 31.2 Å². The Kier molecular flexibility index (Phi) is 4.51. The number of nitrogens with zero attached hydrogens (tertiary/aromatic N) is 5. The first-order valence-corrected chi connectivity index (χ1v) is 9.66. The minimum Gasteiger partial charge on any atom is -0.334 e. The molecule has 0 saturated carbocycles. The molecular weight excluding hydrogens is 394 g/mol. The van der Waals surface area contributed by atoms with Crippen molar-refractivity contribution in [3.8, 4) is 22.8 Å². The summed E-state index contributed by atoms with van der Waals surface area (Å²) in [6, 6.07) is 17.6. The average molecular weight is 411 g/mol. The number of hydrogen-bond donors (Lipinski definition) is 0. The zero-order valence-electron chi connectivity index (χ0n) is 16.6. The highest BCUT2D eigenvalue weighted by molar-refractivity contribution is 5.59. The molecule has 4 aromatic heterocycles. The van der Waals surface area contributed by atoms with Gasteiger partial charge in [0.05, 0.1) is 17.8 Å². The highest BCUT2D eigenvalue weighted by atomic mass is 16.5. The van der Waals surface area contributed by atoms with Crippen molar-refractivity contribution in [1.29, 1.82) is 0 Å². The minimum atomic E-state index is -0.225. The van der Waals surface area contributed by atoms with Crippen molar-refractivity contribution >= 4 is 5.65 Å². The molecule has 0 spiro atoms. The lowest BCUT2D eigenvalue weighted by molar-refractivity contribution is 0.432. The Labute approximate surface area is 176 Å². The molecule has 0 N–H and O–H groups in total. The standard InChI is InChI=1S/C23H17N5O3/c1-15-5-7-16(8-6-15)22-25-23(31-26-22)17-9-10-20(29)27(13-17)14-18-12-21(30)28-11-3-2-4-19(28)24-18/h2-13H,14H2,1H3. The maximum Gasteiger partial charge on any atom is 0.259 e. The molecule has 0 bridgehead atoms. The van der Waals surface area contributed by atoms with E-state index < -0.39 is 0 Å². The third-order valence-corrected chi connectivity index (χ3v) is 4.92. The molecule has 0 unspecified atom stereocenters. The number of fused-ring (bicyclic) bond motifs is 1. The normalized spacial score (nSPS) is 11.1. The predicted octanol–water partition coefficient (Wildman–Crippen LogP) is 2.93. The van der Waals surface area contributed by atoms with Gasteiger partial charge in [-0.3, -0.25) is 14.0 Å². The summed E-state index contributed by atoms with van der Waals surface area (Å²) in [5.74, 6) is 0.771. The highest BCUT2D eigenvalue weighted by Crippen LogP contribution is 2.21. The van der Waals surface area contributed by atoms with Gasteiger partial charge in [0.2, 0.25) is 5.82 Å². The van der Waals surface area contributed by atoms with E-state index in [0.29, 0.717) is 28.6 Å². The van der Waals surface area contributed by atoms with Crippen LogP contribution in [0.15, 0.2) is 87.2 Å². The minimum absolute atomic E-state index is 0.145. The molecule has 31 heavy (non-hydrogen) atoms. The SMILES string of the molecule is Cc1ccc(-c2noc(-c3ccc(=O)n(Cc4cc(=O)n5ccccc5n4)c3)n2)cc1. The summed E-state index contributed by atoms with van der Waals surface area (Å²) < 4.78 is 8.33. The second-order valence-corrected chi connectivity index (χ2v) is 7.19. The van der Waals surface area contributed by atoms with Crippen LogP contribution in [-0.2, 0) is 6.54 Å². The van der Waals surface area contributed by atoms with E-state index in [1.165, 1.54) is 21.1 Å². The Morgan fingerprint density at radius 1 is 0.903 bits per heavy atom. The highest BCUT2D eigenvalue weighted by Gasteiger charge is 2.12. The van der Waals surface area contributed by atoms with E-state index in [1.54, 1.807) is 36.7 Å². The monoisotopic (exact) mass is 411 g/mol. The van der Waals surface area contributed by atoms with Gasteiger partial charge in [-0.2, -0.15) is 4.98 Å². The first-order chi connectivity index (χ1) is 15.1. The lowest BCUT2D eigenvalue weighted by atomic mass is 10.1. The van der Waals surface area contributed by atoms with Crippen molar-refractivity contribution in [2.45, 2.75) is 13.5 Å². The summed E-state index contributed by atoms with van der Waals surface area (Å²) in [7, 11) is 0. The molecule has 152 valence electrons. The van der Waals surface area contributed by atoms with Crippen LogP contribution >= 0.6 is 0 Å². The van der Waals surface area contributed by atoms with E-state index in [0.717, 1.165) is 11.1 Å². The fourth-order valence-corrected chi connectivity index (χ4v) is 3.30. The summed E-state index contributed by atoms with van der Waals surface area (Å²) in [5, 5.41) is 4.04. The smallest absolute Gasteiger partial charge is 0.259 e. The van der Waals surface area contributed by atoms with Crippen LogP contribution in [-0.4, -0.2) is 24.1 Å². The van der Waals surface area contributed by atoms with Crippen molar-refractivity contribution in [2.75, 3.05) is 0 Å². The summed E-state index contributed by atoms with van der Waals surface area (Å²) in [4.78, 5) is 33.7. The summed E-state index contributed by atoms with van der Waals surface area (Å²) in [5.41, 5.74) is 3.16. The molecule has 5 rings (SSSR count). The van der Waals surface area contributed by atoms with Crippen LogP contribution < -0.4 is 11.1 Å². The molecule has 0 aliphatic rings. The van der Waals surface area contributed by atoms with Crippen LogP contribution in [0.25, 0.3) is 28.5 Å². The Morgan fingerprint density at radius 2 is 1.71 bits per heavy atom. The van der Waals surface area contributed by atoms with E-state index in [-0.39, 0.29) is 17.7 Å². The zero-order valence-corrected chi connectivity index (χ0v) is 16.6. The third-order valence-electron chi connectivity index (χ3n) is 4.92. The Bertz CT molecular complexity index is 1510. The van der Waals surface area contributed by atoms with Crippen molar-refractivity contribution in [1.82, 2.24) is 24.1 Å². The van der Waals surface area contributed by atoms with E-state index in [4.69, 9.17) is 4.52 Å². The molecule has 0 aliphatic heterocycles. The number of benzene rings is 1. The van der Waals surface area contributed by atoms with Gasteiger partial charge in [0.15, 0.2) is 0 Å². The van der Waals surface area contributed by atoms with Crippen LogP contribution in [0.2, 0.25) is 0 Å². The second-order valence-electron chi connectivity index (χ2n) is 7.19. The van der Waals surface area contributed by atoms with Crippen LogP contribution in [0.1, 0.15) is 11.3 Å². The average Bonchev–Trinajstić information content (AvgIpc) is 3.26. The molecule has 1 aromatic carbocycles. The molecule has 0 fully saturated rings. The first-order valence-electron chi connectivity index (χ1n) is 9.66. The van der Waals surface area contributed by atoms with Crippen LogP contribution in [0.3, 0.4) is 0 Å². The van der Waals surface area contributed by atoms with Gasteiger partial charge in [-0.05, 0) is 25.1 Å². The van der Waals surface area contributed by atoms with Gasteiger partial charge in [-0.25, -0.2) is 4.98 Å². The predicted molar refractivity (Wildman–Crippen MR) is 115 cm³/mol. The molecule has 5 aromatic rings. The molecular formula is C23H17N5O3. The molecule has 4 heterocycles. The molecule has 8 nitrogen and oxygen atoms in total. The van der Waals surface area contributed by atoms with Gasteiger partial charge < -0.3 is 9.09 Å². The lowest BCUT2D eigenvalue weighted by Crippen LogP contribution is -2.22. The van der Waals surface area contributed by atoms with Gasteiger partial charge in [-0.15, -0.1) is 0 Å². The second kappa shape index (κ2) is 7.49. The Balaban J connectivity index is 1.48. The van der Waals surface area contributed by atoms with E-state index in [9.17, 15) is 9.59 Å². The van der Waals surface area contributed by atoms with E-state index >= 15 is 0 Å². The first kappa shape index (κ1) is 18.7. The van der Waals surface area contributed by atoms with Crippen molar-refractivity contribution in [3.63, 3.8) is 0 Å². The van der Waals surface area contributed by atoms with Gasteiger partial charge in [0.25, 0.3) is 17.0 Å². The number of pyridine rings is 2. The third kappa shape index (κ3) is 3.66. The number of rotatable bonds is 4. The molecule has 0 amide bonds. The molecule has 8 heteroatoms. The van der Waals surface area contributed by atoms with Crippen LogP contribution in [0.5, 0.6) is 0 Å². The Hall–Kier alpha value is -4.33. The van der Waals surface area contributed by atoms with Crippen molar-refractivity contribution < 1.29 is 4.52 Å². The number of aryl methyl sites for hydroxylation is 1. The Morgan fingerprint density at radius 3 is 2.55 bits per heavy atom. The lowest BCUT2D eigenvalue weighted by Gasteiger charge is -2.07. The van der Waals surface area contributed by atoms with Crippen molar-refractivity contribution in [3.05, 3.63) is 105 Å². The van der Waals surface area contributed by atoms with Crippen LogP contribution in [0, 0.1) is 6.92 Å². The summed E-state index contributed by atoms with van der Waals surface area (Å²) in [6.45, 7) is 2.15. The zero-order chi connectivity index (χ0) is 21.4. The summed E-state index contributed by atoms with van der Waals surface area (Å²) >= 11 is 0. The number of hydrogen-bond acceptors (Lipinski definition) is 6. The van der Waals surface area contributed by atoms with Gasteiger partial charge >= 0.3 is 0 Å². The van der Waals surface area contributed by atoms with Crippen LogP contribution in [0.4, 0.5) is 0 Å². The van der Waals surface area contributed by atoms with Crippen molar-refractivity contribution in [2.24, 2.45) is 0 Å². The molecule has 0 saturated heterocycles. The summed E-state index contributed by atoms with van der Waals surface area (Å²) in [6.07, 6.45) is 3.28. The molecule has 0 aliphatic carbocycles. The topological polar surface area (TPSA) is 95.3 Å². The fourth-order valence-electron chi connectivity index (χ4n) is 3.30. The molecule has 0 radical (unpaired) electrons. The van der Waals surface area contributed by atoms with Gasteiger partial charge in [-0.1, -0.05) is 41.1 Å². The number of aromatic nitrogens is 5. The quantitative estimate of drug-likeness (QED) is 0.451.